The van der Waals surface area contributed by atoms with E-state index in [2.05, 4.69) is 66.3 Å². The van der Waals surface area contributed by atoms with Crippen molar-refractivity contribution in [2.24, 2.45) is 0 Å². The first-order valence-corrected chi connectivity index (χ1v) is 10.5. The second-order valence-electron chi connectivity index (χ2n) is 8.32. The van der Waals surface area contributed by atoms with Crippen LogP contribution in [0.1, 0.15) is 43.6 Å². The Kier molecular flexibility index (Phi) is 4.11. The summed E-state index contributed by atoms with van der Waals surface area (Å²) in [4.78, 5) is 0. The molecule has 3 aromatic carbocycles. The van der Waals surface area contributed by atoms with Gasteiger partial charge >= 0.3 is 0 Å². The summed E-state index contributed by atoms with van der Waals surface area (Å²) in [6.07, 6.45) is 1.85. The van der Waals surface area contributed by atoms with Gasteiger partial charge in [0.15, 0.2) is 6.10 Å². The normalized spacial score (nSPS) is 18.5. The number of benzene rings is 3. The first kappa shape index (κ1) is 18.4. The molecule has 0 radical (unpaired) electrons. The van der Waals surface area contributed by atoms with Crippen LogP contribution in [0.2, 0.25) is 0 Å². The number of allylic oxidation sites excluding steroid dienone is 1. The Hall–Kier alpha value is -2.59. The van der Waals surface area contributed by atoms with Gasteiger partial charge in [0.05, 0.1) is 5.54 Å². The topological polar surface area (TPSA) is 21.3 Å². The Morgan fingerprint density at radius 3 is 2.62 bits per heavy atom. The highest BCUT2D eigenvalue weighted by atomic mass is 79.9. The molecule has 29 heavy (non-hydrogen) atoms. The van der Waals surface area contributed by atoms with E-state index in [1.165, 1.54) is 11.6 Å². The van der Waals surface area contributed by atoms with E-state index in [1.807, 2.05) is 24.3 Å². The van der Waals surface area contributed by atoms with Crippen LogP contribution in [0.15, 0.2) is 65.1 Å². The molecule has 0 amide bonds. The molecule has 146 valence electrons. The Balaban J connectivity index is 1.82. The number of para-hydroxylation sites is 1. The Bertz CT molecular complexity index is 1160. The van der Waals surface area contributed by atoms with Crippen molar-refractivity contribution in [2.75, 3.05) is 5.32 Å². The van der Waals surface area contributed by atoms with E-state index in [0.29, 0.717) is 4.47 Å². The maximum Gasteiger partial charge on any atom is 0.150 e. The maximum atomic E-state index is 14.3. The van der Waals surface area contributed by atoms with Crippen LogP contribution >= 0.6 is 15.9 Å². The highest BCUT2D eigenvalue weighted by Gasteiger charge is 2.34. The Morgan fingerprint density at radius 1 is 1.03 bits per heavy atom. The molecular formula is C25H21BrFNO. The van der Waals surface area contributed by atoms with Gasteiger partial charge in [-0.15, -0.1) is 0 Å². The Morgan fingerprint density at radius 2 is 1.83 bits per heavy atom. The SMILES string of the molecule is CC1=CC(C)(C)Nc2ccc3c(c21)[C@H](c1cc(F)cc(Br)c1)Oc1ccccc1-3. The van der Waals surface area contributed by atoms with Crippen molar-refractivity contribution in [3.8, 4) is 16.9 Å². The van der Waals surface area contributed by atoms with Gasteiger partial charge in [0.1, 0.15) is 11.6 Å². The van der Waals surface area contributed by atoms with E-state index < -0.39 is 6.10 Å². The minimum atomic E-state index is -0.395. The fourth-order valence-electron chi connectivity index (χ4n) is 4.59. The van der Waals surface area contributed by atoms with Gasteiger partial charge in [0, 0.05) is 32.4 Å². The zero-order valence-electron chi connectivity index (χ0n) is 16.5. The second-order valence-corrected chi connectivity index (χ2v) is 9.24. The zero-order valence-corrected chi connectivity index (χ0v) is 18.1. The molecule has 2 aliphatic heterocycles. The lowest BCUT2D eigenvalue weighted by Gasteiger charge is -2.37. The third-order valence-electron chi connectivity index (χ3n) is 5.55. The van der Waals surface area contributed by atoms with Gasteiger partial charge in [-0.05, 0) is 62.2 Å². The van der Waals surface area contributed by atoms with Gasteiger partial charge in [-0.2, -0.15) is 0 Å². The maximum absolute atomic E-state index is 14.3. The van der Waals surface area contributed by atoms with Crippen LogP contribution < -0.4 is 10.1 Å². The summed E-state index contributed by atoms with van der Waals surface area (Å²) >= 11 is 3.43. The van der Waals surface area contributed by atoms with Crippen molar-refractivity contribution < 1.29 is 9.13 Å². The molecule has 1 N–H and O–H groups in total. The molecule has 0 aliphatic carbocycles. The number of nitrogens with one attached hydrogen (secondary N) is 1. The monoisotopic (exact) mass is 449 g/mol. The number of ether oxygens (including phenoxy) is 1. The van der Waals surface area contributed by atoms with Crippen molar-refractivity contribution >= 4 is 27.2 Å². The molecule has 3 aromatic rings. The van der Waals surface area contributed by atoms with E-state index in [1.54, 1.807) is 6.07 Å². The van der Waals surface area contributed by atoms with Gasteiger partial charge in [0.25, 0.3) is 0 Å². The van der Waals surface area contributed by atoms with Crippen molar-refractivity contribution in [3.63, 3.8) is 0 Å². The van der Waals surface area contributed by atoms with E-state index in [0.717, 1.165) is 39.3 Å². The van der Waals surface area contributed by atoms with Gasteiger partial charge in [-0.1, -0.05) is 46.3 Å². The molecule has 0 saturated carbocycles. The van der Waals surface area contributed by atoms with Crippen LogP contribution in [0, 0.1) is 5.82 Å². The summed E-state index contributed by atoms with van der Waals surface area (Å²) in [6.45, 7) is 6.46. The van der Waals surface area contributed by atoms with Crippen LogP contribution in [-0.4, -0.2) is 5.54 Å². The number of rotatable bonds is 1. The summed E-state index contributed by atoms with van der Waals surface area (Å²) in [5.74, 6) is 0.533. The van der Waals surface area contributed by atoms with Crippen molar-refractivity contribution in [1.82, 2.24) is 0 Å². The first-order valence-electron chi connectivity index (χ1n) is 9.69. The van der Waals surface area contributed by atoms with Gasteiger partial charge in [0.2, 0.25) is 0 Å². The highest BCUT2D eigenvalue weighted by Crippen LogP contribution is 2.50. The second kappa shape index (κ2) is 6.46. The quantitative estimate of drug-likeness (QED) is 0.419. The van der Waals surface area contributed by atoms with E-state index in [9.17, 15) is 4.39 Å². The molecule has 0 bridgehead atoms. The predicted octanol–water partition coefficient (Wildman–Crippen LogP) is 7.34. The molecule has 0 spiro atoms. The number of hydrogen-bond acceptors (Lipinski definition) is 2. The summed E-state index contributed by atoms with van der Waals surface area (Å²) < 4.78 is 21.4. The minimum absolute atomic E-state index is 0.129. The molecule has 4 heteroatoms. The summed E-state index contributed by atoms with van der Waals surface area (Å²) in [7, 11) is 0. The van der Waals surface area contributed by atoms with E-state index in [-0.39, 0.29) is 11.4 Å². The van der Waals surface area contributed by atoms with E-state index >= 15 is 0 Å². The van der Waals surface area contributed by atoms with E-state index in [4.69, 9.17) is 4.74 Å². The lowest BCUT2D eigenvalue weighted by Crippen LogP contribution is -2.32. The average Bonchev–Trinajstić information content (AvgIpc) is 2.65. The fourth-order valence-corrected chi connectivity index (χ4v) is 5.07. The average molecular weight is 450 g/mol. The third-order valence-corrected chi connectivity index (χ3v) is 6.00. The van der Waals surface area contributed by atoms with Gasteiger partial charge < -0.3 is 10.1 Å². The molecule has 1 atom stereocenters. The van der Waals surface area contributed by atoms with Gasteiger partial charge in [-0.25, -0.2) is 4.39 Å². The third kappa shape index (κ3) is 3.06. The van der Waals surface area contributed by atoms with Crippen LogP contribution in [0.25, 0.3) is 16.7 Å². The van der Waals surface area contributed by atoms with Crippen LogP contribution in [0.4, 0.5) is 10.1 Å². The molecule has 5 rings (SSSR count). The molecule has 0 aromatic heterocycles. The molecule has 2 heterocycles. The summed E-state index contributed by atoms with van der Waals surface area (Å²) in [5.41, 5.74) is 7.35. The Labute approximate surface area is 178 Å². The van der Waals surface area contributed by atoms with Crippen molar-refractivity contribution in [3.05, 3.63) is 87.7 Å². The summed E-state index contributed by atoms with van der Waals surface area (Å²) in [6, 6.07) is 17.3. The fraction of sp³-hybridized carbons (Fsp3) is 0.200. The number of hydrogen-bond donors (Lipinski definition) is 1. The predicted molar refractivity (Wildman–Crippen MR) is 120 cm³/mol. The van der Waals surface area contributed by atoms with Crippen LogP contribution in [-0.2, 0) is 0 Å². The largest absolute Gasteiger partial charge is 0.480 e. The molecule has 0 saturated heterocycles. The molecule has 0 unspecified atom stereocenters. The lowest BCUT2D eigenvalue weighted by atomic mass is 9.80. The zero-order chi connectivity index (χ0) is 20.3. The molecule has 2 nitrogen and oxygen atoms in total. The minimum Gasteiger partial charge on any atom is -0.480 e. The lowest BCUT2D eigenvalue weighted by molar-refractivity contribution is 0.242. The first-order chi connectivity index (χ1) is 13.8. The van der Waals surface area contributed by atoms with Crippen molar-refractivity contribution in [2.45, 2.75) is 32.4 Å². The number of anilines is 1. The smallest absolute Gasteiger partial charge is 0.150 e. The molecular weight excluding hydrogens is 429 g/mol. The summed E-state index contributed by atoms with van der Waals surface area (Å²) in [5, 5.41) is 3.62. The number of halogens is 2. The van der Waals surface area contributed by atoms with Crippen LogP contribution in [0.5, 0.6) is 5.75 Å². The molecule has 2 aliphatic rings. The molecule has 0 fully saturated rings. The van der Waals surface area contributed by atoms with Gasteiger partial charge in [-0.3, -0.25) is 0 Å². The van der Waals surface area contributed by atoms with Crippen LogP contribution in [0.3, 0.4) is 0 Å². The van der Waals surface area contributed by atoms with Crippen molar-refractivity contribution in [1.29, 1.82) is 0 Å². The highest BCUT2D eigenvalue weighted by molar-refractivity contribution is 9.10. The number of fused-ring (bicyclic) bond motifs is 5. The standard InChI is InChI=1S/C25H21BrFNO/c1-14-13-25(2,3)28-20-9-8-19-18-6-4-5-7-21(18)29-24(23(19)22(14)20)15-10-16(26)12-17(27)11-15/h4-13,24,28H,1-3H3/t24-/m0/s1.